The molecule has 0 amide bonds. The van der Waals surface area contributed by atoms with Gasteiger partial charge < -0.3 is 10.6 Å². The molecular weight excluding hydrogens is 222 g/mol. The number of hydrogen-bond acceptors (Lipinski definition) is 3. The number of aliphatic imine (C=N–C) groups is 1. The zero-order valence-electron chi connectivity index (χ0n) is 12.5. The van der Waals surface area contributed by atoms with Crippen LogP contribution >= 0.6 is 0 Å². The van der Waals surface area contributed by atoms with Crippen molar-refractivity contribution in [3.05, 3.63) is 0 Å². The van der Waals surface area contributed by atoms with E-state index in [4.69, 9.17) is 5.73 Å². The van der Waals surface area contributed by atoms with E-state index >= 15 is 0 Å². The SMILES string of the molecule is CCN1C(N)=NCC12CCCC(C(C)(C)C)CC2. The molecule has 2 N–H and O–H groups in total. The zero-order valence-corrected chi connectivity index (χ0v) is 12.5. The monoisotopic (exact) mass is 251 g/mol. The van der Waals surface area contributed by atoms with Gasteiger partial charge in [0.05, 0.1) is 12.1 Å². The lowest BCUT2D eigenvalue weighted by molar-refractivity contribution is 0.167. The van der Waals surface area contributed by atoms with Crippen molar-refractivity contribution in [1.82, 2.24) is 4.90 Å². The maximum absolute atomic E-state index is 6.04. The average molecular weight is 251 g/mol. The van der Waals surface area contributed by atoms with Crippen molar-refractivity contribution in [3.8, 4) is 0 Å². The van der Waals surface area contributed by atoms with Crippen molar-refractivity contribution in [1.29, 1.82) is 0 Å². The first-order valence-corrected chi connectivity index (χ1v) is 7.46. The third kappa shape index (κ3) is 2.36. The van der Waals surface area contributed by atoms with Crippen LogP contribution in [-0.4, -0.2) is 29.5 Å². The van der Waals surface area contributed by atoms with E-state index in [1.54, 1.807) is 0 Å². The largest absolute Gasteiger partial charge is 0.370 e. The van der Waals surface area contributed by atoms with E-state index in [1.165, 1.54) is 32.1 Å². The molecule has 0 aromatic carbocycles. The minimum Gasteiger partial charge on any atom is -0.370 e. The molecule has 0 saturated heterocycles. The third-order valence-electron chi connectivity index (χ3n) is 5.08. The zero-order chi connectivity index (χ0) is 13.4. The molecule has 0 aromatic heterocycles. The van der Waals surface area contributed by atoms with Gasteiger partial charge in [-0.2, -0.15) is 0 Å². The molecule has 2 unspecified atom stereocenters. The van der Waals surface area contributed by atoms with Gasteiger partial charge in [-0.3, -0.25) is 4.99 Å². The van der Waals surface area contributed by atoms with E-state index in [9.17, 15) is 0 Å². The second-order valence-electron chi connectivity index (χ2n) is 7.14. The van der Waals surface area contributed by atoms with Gasteiger partial charge in [0.25, 0.3) is 0 Å². The molecule has 0 bridgehead atoms. The second-order valence-corrected chi connectivity index (χ2v) is 7.14. The fourth-order valence-corrected chi connectivity index (χ4v) is 3.82. The molecule has 0 radical (unpaired) electrons. The van der Waals surface area contributed by atoms with Crippen LogP contribution in [0.5, 0.6) is 0 Å². The Bertz CT molecular complexity index is 329. The van der Waals surface area contributed by atoms with Gasteiger partial charge in [-0.05, 0) is 43.9 Å². The lowest BCUT2D eigenvalue weighted by atomic mass is 9.76. The number of hydrogen-bond donors (Lipinski definition) is 1. The summed E-state index contributed by atoms with van der Waals surface area (Å²) in [7, 11) is 0. The number of rotatable bonds is 1. The summed E-state index contributed by atoms with van der Waals surface area (Å²) in [5.41, 5.74) is 6.73. The van der Waals surface area contributed by atoms with Crippen molar-refractivity contribution in [2.45, 2.75) is 65.3 Å². The van der Waals surface area contributed by atoms with Gasteiger partial charge in [0.1, 0.15) is 0 Å². The van der Waals surface area contributed by atoms with Crippen LogP contribution in [0.25, 0.3) is 0 Å². The van der Waals surface area contributed by atoms with Gasteiger partial charge in [0.15, 0.2) is 5.96 Å². The van der Waals surface area contributed by atoms with Crippen molar-refractivity contribution in [3.63, 3.8) is 0 Å². The highest BCUT2D eigenvalue weighted by atomic mass is 15.3. The lowest BCUT2D eigenvalue weighted by Gasteiger charge is -2.38. The van der Waals surface area contributed by atoms with E-state index in [2.05, 4.69) is 37.6 Å². The molecule has 3 nitrogen and oxygen atoms in total. The van der Waals surface area contributed by atoms with E-state index in [1.807, 2.05) is 0 Å². The third-order valence-corrected chi connectivity index (χ3v) is 5.08. The molecule has 1 heterocycles. The molecule has 1 spiro atoms. The van der Waals surface area contributed by atoms with E-state index in [-0.39, 0.29) is 5.54 Å². The Labute approximate surface area is 112 Å². The van der Waals surface area contributed by atoms with Crippen LogP contribution in [0.15, 0.2) is 4.99 Å². The van der Waals surface area contributed by atoms with Gasteiger partial charge in [0, 0.05) is 6.54 Å². The maximum Gasteiger partial charge on any atom is 0.191 e. The number of likely N-dealkylation sites (N-methyl/N-ethyl adjacent to an activating group) is 1. The van der Waals surface area contributed by atoms with Crippen LogP contribution in [0.1, 0.15) is 59.8 Å². The Morgan fingerprint density at radius 1 is 1.33 bits per heavy atom. The predicted octanol–water partition coefficient (Wildman–Crippen LogP) is 3.00. The first-order valence-electron chi connectivity index (χ1n) is 7.46. The van der Waals surface area contributed by atoms with Crippen LogP contribution < -0.4 is 5.73 Å². The van der Waals surface area contributed by atoms with E-state index in [0.29, 0.717) is 5.41 Å². The topological polar surface area (TPSA) is 41.6 Å². The number of guanidine groups is 1. The number of nitrogens with two attached hydrogens (primary N) is 1. The first kappa shape index (κ1) is 13.7. The Hall–Kier alpha value is -0.730. The summed E-state index contributed by atoms with van der Waals surface area (Å²) < 4.78 is 0. The molecule has 104 valence electrons. The average Bonchev–Trinajstić information content (AvgIpc) is 2.48. The summed E-state index contributed by atoms with van der Waals surface area (Å²) >= 11 is 0. The fraction of sp³-hybridized carbons (Fsp3) is 0.933. The van der Waals surface area contributed by atoms with Crippen LogP contribution in [0.3, 0.4) is 0 Å². The Morgan fingerprint density at radius 3 is 2.67 bits per heavy atom. The smallest absolute Gasteiger partial charge is 0.191 e. The molecule has 0 aromatic rings. The predicted molar refractivity (Wildman–Crippen MR) is 77.6 cm³/mol. The summed E-state index contributed by atoms with van der Waals surface area (Å²) in [4.78, 5) is 6.87. The van der Waals surface area contributed by atoms with Crippen molar-refractivity contribution in [2.24, 2.45) is 22.1 Å². The summed E-state index contributed by atoms with van der Waals surface area (Å²) in [6.07, 6.45) is 6.53. The minimum absolute atomic E-state index is 0.249. The van der Waals surface area contributed by atoms with Crippen LogP contribution in [-0.2, 0) is 0 Å². The Balaban J connectivity index is 2.10. The molecular formula is C15H29N3. The summed E-state index contributed by atoms with van der Waals surface area (Å²) in [5, 5.41) is 0. The molecule has 2 rings (SSSR count). The summed E-state index contributed by atoms with van der Waals surface area (Å²) in [6.45, 7) is 11.3. The molecule has 1 aliphatic heterocycles. The Kier molecular flexibility index (Phi) is 3.61. The second kappa shape index (κ2) is 4.75. The normalized spacial score (nSPS) is 33.7. The molecule has 1 saturated carbocycles. The molecule has 3 heteroatoms. The number of nitrogens with zero attached hydrogens (tertiary/aromatic N) is 2. The fourth-order valence-electron chi connectivity index (χ4n) is 3.82. The van der Waals surface area contributed by atoms with Gasteiger partial charge in [0.2, 0.25) is 0 Å². The quantitative estimate of drug-likeness (QED) is 0.778. The van der Waals surface area contributed by atoms with E-state index < -0.39 is 0 Å². The maximum atomic E-state index is 6.04. The van der Waals surface area contributed by atoms with Crippen molar-refractivity contribution in [2.75, 3.05) is 13.1 Å². The van der Waals surface area contributed by atoms with Gasteiger partial charge in [-0.25, -0.2) is 0 Å². The summed E-state index contributed by atoms with van der Waals surface area (Å²) in [5.74, 6) is 1.61. The highest BCUT2D eigenvalue weighted by Crippen LogP contribution is 2.43. The van der Waals surface area contributed by atoms with Crippen LogP contribution in [0.4, 0.5) is 0 Å². The standard InChI is InChI=1S/C15H29N3/c1-5-18-13(16)17-11-15(18)9-6-7-12(8-10-15)14(2,3)4/h12H,5-11H2,1-4H3,(H2,16,17). The first-order chi connectivity index (χ1) is 8.39. The summed E-state index contributed by atoms with van der Waals surface area (Å²) in [6, 6.07) is 0. The molecule has 2 atom stereocenters. The molecule has 2 aliphatic rings. The highest BCUT2D eigenvalue weighted by Gasteiger charge is 2.43. The van der Waals surface area contributed by atoms with Gasteiger partial charge in [-0.1, -0.05) is 27.2 Å². The van der Waals surface area contributed by atoms with Crippen LogP contribution in [0.2, 0.25) is 0 Å². The molecule has 1 aliphatic carbocycles. The Morgan fingerprint density at radius 2 is 2.06 bits per heavy atom. The van der Waals surface area contributed by atoms with Crippen LogP contribution in [0, 0.1) is 11.3 Å². The van der Waals surface area contributed by atoms with Crippen molar-refractivity contribution < 1.29 is 0 Å². The minimum atomic E-state index is 0.249. The highest BCUT2D eigenvalue weighted by molar-refractivity contribution is 5.81. The van der Waals surface area contributed by atoms with Gasteiger partial charge >= 0.3 is 0 Å². The lowest BCUT2D eigenvalue weighted by Crippen LogP contribution is -2.51. The van der Waals surface area contributed by atoms with Crippen molar-refractivity contribution >= 4 is 5.96 Å². The molecule has 18 heavy (non-hydrogen) atoms. The van der Waals surface area contributed by atoms with E-state index in [0.717, 1.165) is 25.0 Å². The van der Waals surface area contributed by atoms with Gasteiger partial charge in [-0.15, -0.1) is 0 Å². The molecule has 1 fully saturated rings.